The monoisotopic (exact) mass is 399 g/mol. The van der Waals surface area contributed by atoms with Gasteiger partial charge >= 0.3 is 5.97 Å². The number of aromatic nitrogens is 2. The van der Waals surface area contributed by atoms with Gasteiger partial charge in [-0.25, -0.2) is 4.98 Å². The first-order valence-electron chi connectivity index (χ1n) is 8.84. The molecule has 0 atom stereocenters. The predicted octanol–water partition coefficient (Wildman–Crippen LogP) is 3.40. The van der Waals surface area contributed by atoms with Crippen LogP contribution >= 0.6 is 11.8 Å². The Kier molecular flexibility index (Phi) is 5.69. The van der Waals surface area contributed by atoms with E-state index in [1.54, 1.807) is 19.2 Å². The lowest BCUT2D eigenvalue weighted by Crippen LogP contribution is -2.34. The van der Waals surface area contributed by atoms with Crippen molar-refractivity contribution in [2.45, 2.75) is 27.7 Å². The van der Waals surface area contributed by atoms with Crippen LogP contribution in [0.4, 0.5) is 4.79 Å². The molecule has 7 nitrogen and oxygen atoms in total. The summed E-state index contributed by atoms with van der Waals surface area (Å²) in [5.41, 5.74) is 3.79. The summed E-state index contributed by atoms with van der Waals surface area (Å²) in [6.07, 6.45) is 3.44. The third-order valence-electron chi connectivity index (χ3n) is 4.35. The smallest absolute Gasteiger partial charge is 0.326 e. The van der Waals surface area contributed by atoms with E-state index in [1.165, 1.54) is 0 Å². The molecule has 2 aromatic heterocycles. The number of nitrogens with zero attached hydrogens (tertiary/aromatic N) is 3. The molecule has 28 heavy (non-hydrogen) atoms. The van der Waals surface area contributed by atoms with E-state index in [0.29, 0.717) is 0 Å². The van der Waals surface area contributed by atoms with Crippen molar-refractivity contribution < 1.29 is 19.1 Å². The van der Waals surface area contributed by atoms with Crippen molar-refractivity contribution in [1.82, 2.24) is 14.5 Å². The first-order valence-corrected chi connectivity index (χ1v) is 9.66. The lowest BCUT2D eigenvalue weighted by atomic mass is 10.2. The van der Waals surface area contributed by atoms with Gasteiger partial charge in [0.05, 0.1) is 11.5 Å². The van der Waals surface area contributed by atoms with Crippen LogP contribution in [-0.4, -0.2) is 44.7 Å². The summed E-state index contributed by atoms with van der Waals surface area (Å²) in [6, 6.07) is 5.85. The van der Waals surface area contributed by atoms with Gasteiger partial charge in [0.15, 0.2) is 0 Å². The van der Waals surface area contributed by atoms with Crippen LogP contribution in [0.25, 0.3) is 11.9 Å². The lowest BCUT2D eigenvalue weighted by molar-refractivity contribution is -0.145. The minimum absolute atomic E-state index is 0.198. The maximum Gasteiger partial charge on any atom is 0.326 e. The van der Waals surface area contributed by atoms with Crippen molar-refractivity contribution >= 4 is 35.0 Å². The van der Waals surface area contributed by atoms with Crippen LogP contribution in [0.2, 0.25) is 0 Å². The largest absolute Gasteiger partial charge is 0.465 e. The highest BCUT2D eigenvalue weighted by Crippen LogP contribution is 2.33. The highest BCUT2D eigenvalue weighted by molar-refractivity contribution is 8.18. The first-order chi connectivity index (χ1) is 13.3. The Hall–Kier alpha value is -2.87. The van der Waals surface area contributed by atoms with Gasteiger partial charge in [-0.15, -0.1) is 0 Å². The van der Waals surface area contributed by atoms with E-state index in [1.807, 2.05) is 43.5 Å². The average molecular weight is 399 g/mol. The Morgan fingerprint density at radius 3 is 2.68 bits per heavy atom. The van der Waals surface area contributed by atoms with Gasteiger partial charge < -0.3 is 9.30 Å². The summed E-state index contributed by atoms with van der Waals surface area (Å²) in [5, 5.41) is -0.474. The molecule has 0 unspecified atom stereocenters. The normalized spacial score (nSPS) is 15.6. The molecule has 0 saturated carbocycles. The summed E-state index contributed by atoms with van der Waals surface area (Å²) < 4.78 is 6.83. The van der Waals surface area contributed by atoms with Crippen LogP contribution in [0.3, 0.4) is 0 Å². The Labute approximate surface area is 167 Å². The first kappa shape index (κ1) is 19.9. The number of imide groups is 1. The summed E-state index contributed by atoms with van der Waals surface area (Å²) in [6.45, 7) is 7.39. The van der Waals surface area contributed by atoms with Gasteiger partial charge in [-0.1, -0.05) is 0 Å². The van der Waals surface area contributed by atoms with Gasteiger partial charge in [0.1, 0.15) is 12.4 Å². The predicted molar refractivity (Wildman–Crippen MR) is 107 cm³/mol. The van der Waals surface area contributed by atoms with E-state index in [2.05, 4.69) is 4.98 Å². The van der Waals surface area contributed by atoms with Crippen LogP contribution in [0.1, 0.15) is 29.4 Å². The van der Waals surface area contributed by atoms with Crippen molar-refractivity contribution in [2.75, 3.05) is 13.2 Å². The van der Waals surface area contributed by atoms with E-state index >= 15 is 0 Å². The zero-order valence-electron chi connectivity index (χ0n) is 16.2. The summed E-state index contributed by atoms with van der Waals surface area (Å²) in [7, 11) is 0. The van der Waals surface area contributed by atoms with Crippen molar-refractivity contribution in [1.29, 1.82) is 0 Å². The minimum atomic E-state index is -0.602. The molecule has 0 N–H and O–H groups in total. The molecule has 0 spiro atoms. The number of esters is 1. The minimum Gasteiger partial charge on any atom is -0.465 e. The number of aryl methyl sites for hydroxylation is 2. The molecule has 1 aliphatic heterocycles. The lowest BCUT2D eigenvalue weighted by Gasteiger charge is -2.10. The molecule has 2 amide bonds. The molecule has 3 heterocycles. The number of carbonyl (C=O) groups excluding carboxylic acids is 3. The maximum absolute atomic E-state index is 12.6. The number of thioether (sulfide) groups is 1. The molecule has 0 aliphatic carbocycles. The van der Waals surface area contributed by atoms with Gasteiger partial charge in [-0.2, -0.15) is 0 Å². The highest BCUT2D eigenvalue weighted by atomic mass is 32.2. The molecular formula is C20H21N3O4S. The molecule has 8 heteroatoms. The van der Waals surface area contributed by atoms with Crippen molar-refractivity contribution in [3.8, 4) is 5.82 Å². The van der Waals surface area contributed by atoms with E-state index in [4.69, 9.17) is 4.74 Å². The third-order valence-corrected chi connectivity index (χ3v) is 5.26. The Bertz CT molecular complexity index is 993. The second-order valence-electron chi connectivity index (χ2n) is 6.43. The SMILES string of the molecule is CCOC(=O)CN1C(=O)SC(=Cc2cc(C)n(-c3cc(C)ccn3)c2C)C1=O. The highest BCUT2D eigenvalue weighted by Gasteiger charge is 2.36. The van der Waals surface area contributed by atoms with Crippen LogP contribution in [0.15, 0.2) is 29.3 Å². The standard InChI is InChI=1S/C20H21N3O4S/c1-5-27-18(24)11-22-19(25)16(28-20(22)26)10-15-9-13(3)23(14(15)4)17-8-12(2)6-7-21-17/h6-10H,5,11H2,1-4H3. The van der Waals surface area contributed by atoms with E-state index in [0.717, 1.165) is 45.0 Å². The van der Waals surface area contributed by atoms with Crippen LogP contribution in [0.5, 0.6) is 0 Å². The molecule has 1 fully saturated rings. The molecule has 0 radical (unpaired) electrons. The molecule has 1 saturated heterocycles. The average Bonchev–Trinajstić information content (AvgIpc) is 3.05. The Morgan fingerprint density at radius 1 is 1.25 bits per heavy atom. The summed E-state index contributed by atoms with van der Waals surface area (Å²) >= 11 is 0.825. The van der Waals surface area contributed by atoms with Crippen molar-refractivity contribution in [3.05, 3.63) is 51.8 Å². The number of hydrogen-bond donors (Lipinski definition) is 0. The molecule has 146 valence electrons. The summed E-state index contributed by atoms with van der Waals surface area (Å²) in [5.74, 6) is -0.290. The van der Waals surface area contributed by atoms with E-state index in [9.17, 15) is 14.4 Å². The quantitative estimate of drug-likeness (QED) is 0.566. The van der Waals surface area contributed by atoms with Crippen LogP contribution in [-0.2, 0) is 14.3 Å². The zero-order valence-corrected chi connectivity index (χ0v) is 17.0. The molecule has 0 aromatic carbocycles. The van der Waals surface area contributed by atoms with Gasteiger partial charge in [-0.3, -0.25) is 19.3 Å². The number of pyridine rings is 1. The fourth-order valence-corrected chi connectivity index (χ4v) is 3.87. The fourth-order valence-electron chi connectivity index (χ4n) is 3.04. The second-order valence-corrected chi connectivity index (χ2v) is 7.42. The number of carbonyl (C=O) groups is 3. The van der Waals surface area contributed by atoms with Crippen LogP contribution < -0.4 is 0 Å². The third kappa shape index (κ3) is 3.87. The zero-order chi connectivity index (χ0) is 20.4. The van der Waals surface area contributed by atoms with Crippen LogP contribution in [0, 0.1) is 20.8 Å². The van der Waals surface area contributed by atoms with Gasteiger partial charge in [0, 0.05) is 17.6 Å². The number of amides is 2. The fraction of sp³-hybridized carbons (Fsp3) is 0.300. The summed E-state index contributed by atoms with van der Waals surface area (Å²) in [4.78, 5) is 42.0. The molecule has 3 rings (SSSR count). The molecular weight excluding hydrogens is 378 g/mol. The van der Waals surface area contributed by atoms with E-state index in [-0.39, 0.29) is 18.1 Å². The molecule has 0 bridgehead atoms. The second kappa shape index (κ2) is 8.02. The van der Waals surface area contributed by atoms with Crippen molar-refractivity contribution in [3.63, 3.8) is 0 Å². The Balaban J connectivity index is 1.90. The number of hydrogen-bond acceptors (Lipinski definition) is 6. The molecule has 1 aliphatic rings. The van der Waals surface area contributed by atoms with Gasteiger partial charge in [0.2, 0.25) is 0 Å². The number of ether oxygens (including phenoxy) is 1. The topological polar surface area (TPSA) is 81.5 Å². The van der Waals surface area contributed by atoms with E-state index < -0.39 is 17.1 Å². The van der Waals surface area contributed by atoms with Crippen molar-refractivity contribution in [2.24, 2.45) is 0 Å². The molecule has 2 aromatic rings. The van der Waals surface area contributed by atoms with Gasteiger partial charge in [-0.05, 0) is 74.9 Å². The maximum atomic E-state index is 12.6. The van der Waals surface area contributed by atoms with Gasteiger partial charge in [0.25, 0.3) is 11.1 Å². The number of rotatable bonds is 5. The Morgan fingerprint density at radius 2 is 2.00 bits per heavy atom.